The highest BCUT2D eigenvalue weighted by Gasteiger charge is 2.11. The van der Waals surface area contributed by atoms with Gasteiger partial charge in [0.25, 0.3) is 0 Å². The third-order valence-corrected chi connectivity index (χ3v) is 2.14. The highest BCUT2D eigenvalue weighted by molar-refractivity contribution is 6.43. The molecule has 5 heteroatoms. The van der Waals surface area contributed by atoms with Crippen LogP contribution < -0.4 is 4.74 Å². The number of benzene rings is 1. The van der Waals surface area contributed by atoms with Crippen LogP contribution in [0.2, 0.25) is 10.0 Å². The summed E-state index contributed by atoms with van der Waals surface area (Å²) in [6.07, 6.45) is 0. The lowest BCUT2D eigenvalue weighted by Crippen LogP contribution is -2.02. The Morgan fingerprint density at radius 1 is 1.31 bits per heavy atom. The predicted octanol–water partition coefficient (Wildman–Crippen LogP) is 3.90. The van der Waals surface area contributed by atoms with Crippen LogP contribution in [0.1, 0.15) is 5.56 Å². The van der Waals surface area contributed by atoms with Gasteiger partial charge in [0.15, 0.2) is 0 Å². The van der Waals surface area contributed by atoms with Gasteiger partial charge in [0.2, 0.25) is 0 Å². The van der Waals surface area contributed by atoms with Gasteiger partial charge in [-0.3, -0.25) is 0 Å². The van der Waals surface area contributed by atoms with Crippen LogP contribution in [0.4, 0.5) is 8.78 Å². The largest absolute Gasteiger partial charge is 0.433 e. The minimum Gasteiger partial charge on any atom is -0.433 e. The lowest BCUT2D eigenvalue weighted by Gasteiger charge is -2.08. The summed E-state index contributed by atoms with van der Waals surface area (Å²) in [4.78, 5) is 0. The summed E-state index contributed by atoms with van der Waals surface area (Å²) in [6, 6.07) is 2.97. The van der Waals surface area contributed by atoms with Crippen LogP contribution in [-0.4, -0.2) is 6.61 Å². The molecule has 0 radical (unpaired) electrons. The van der Waals surface area contributed by atoms with Crippen molar-refractivity contribution in [1.82, 2.24) is 0 Å². The fourth-order valence-corrected chi connectivity index (χ4v) is 1.29. The molecular weight excluding hydrogens is 221 g/mol. The van der Waals surface area contributed by atoms with Crippen LogP contribution in [0.25, 0.3) is 0 Å². The Hall–Kier alpha value is -0.540. The molecule has 0 bridgehead atoms. The van der Waals surface area contributed by atoms with E-state index in [2.05, 4.69) is 4.74 Å². The molecule has 0 aromatic heterocycles. The molecule has 0 aliphatic heterocycles. The molecule has 1 rings (SSSR count). The molecular formula is C8H6Cl2F2O. The van der Waals surface area contributed by atoms with Crippen molar-refractivity contribution < 1.29 is 13.5 Å². The second kappa shape index (κ2) is 4.11. The van der Waals surface area contributed by atoms with E-state index in [0.29, 0.717) is 5.56 Å². The number of hydrogen-bond acceptors (Lipinski definition) is 1. The van der Waals surface area contributed by atoms with Crippen molar-refractivity contribution in [2.24, 2.45) is 0 Å². The molecule has 72 valence electrons. The summed E-state index contributed by atoms with van der Waals surface area (Å²) < 4.78 is 27.8. The van der Waals surface area contributed by atoms with Gasteiger partial charge in [-0.1, -0.05) is 23.2 Å². The second-order valence-corrected chi connectivity index (χ2v) is 3.22. The molecule has 0 fully saturated rings. The van der Waals surface area contributed by atoms with Crippen LogP contribution in [0.5, 0.6) is 5.75 Å². The Bertz CT molecular complexity index is 315. The normalized spacial score (nSPS) is 10.6. The average Bonchev–Trinajstić information content (AvgIpc) is 1.98. The zero-order valence-corrected chi connectivity index (χ0v) is 8.16. The van der Waals surface area contributed by atoms with Crippen LogP contribution in [0.3, 0.4) is 0 Å². The van der Waals surface area contributed by atoms with Crippen molar-refractivity contribution in [2.45, 2.75) is 13.5 Å². The van der Waals surface area contributed by atoms with Gasteiger partial charge in [0.05, 0.1) is 5.02 Å². The fraction of sp³-hybridized carbons (Fsp3) is 0.250. The lowest BCUT2D eigenvalue weighted by atomic mass is 10.2. The third-order valence-electron chi connectivity index (χ3n) is 1.36. The number of alkyl halides is 2. The molecule has 0 saturated carbocycles. The maximum absolute atomic E-state index is 11.8. The first-order valence-corrected chi connectivity index (χ1v) is 4.16. The van der Waals surface area contributed by atoms with E-state index in [0.717, 1.165) is 0 Å². The van der Waals surface area contributed by atoms with E-state index in [-0.39, 0.29) is 15.8 Å². The SMILES string of the molecule is Cc1cc(Cl)c(Cl)c(OC(F)F)c1. The van der Waals surface area contributed by atoms with Gasteiger partial charge in [-0.05, 0) is 24.6 Å². The van der Waals surface area contributed by atoms with Gasteiger partial charge in [-0.25, -0.2) is 0 Å². The minimum atomic E-state index is -2.89. The molecule has 1 nitrogen and oxygen atoms in total. The summed E-state index contributed by atoms with van der Waals surface area (Å²) in [5.41, 5.74) is 0.713. The van der Waals surface area contributed by atoms with Crippen molar-refractivity contribution in [2.75, 3.05) is 0 Å². The molecule has 0 aliphatic carbocycles. The van der Waals surface area contributed by atoms with Crippen LogP contribution in [-0.2, 0) is 0 Å². The highest BCUT2D eigenvalue weighted by Crippen LogP contribution is 2.33. The maximum Gasteiger partial charge on any atom is 0.387 e. The molecule has 0 N–H and O–H groups in total. The monoisotopic (exact) mass is 226 g/mol. The second-order valence-electron chi connectivity index (χ2n) is 2.44. The number of hydrogen-bond donors (Lipinski definition) is 0. The standard InChI is InChI=1S/C8H6Cl2F2O/c1-4-2-5(9)7(10)6(3-4)13-8(11)12/h2-3,8H,1H3. The van der Waals surface area contributed by atoms with Crippen molar-refractivity contribution in [3.05, 3.63) is 27.7 Å². The Morgan fingerprint density at radius 3 is 2.46 bits per heavy atom. The number of rotatable bonds is 2. The number of aryl methyl sites for hydroxylation is 1. The topological polar surface area (TPSA) is 9.23 Å². The average molecular weight is 227 g/mol. The Labute approximate surface area is 84.2 Å². The quantitative estimate of drug-likeness (QED) is 0.744. The summed E-state index contributed by atoms with van der Waals surface area (Å²) in [6.45, 7) is -1.18. The molecule has 0 heterocycles. The fourth-order valence-electron chi connectivity index (χ4n) is 0.874. The van der Waals surface area contributed by atoms with Gasteiger partial charge in [-0.15, -0.1) is 0 Å². The molecule has 0 aliphatic rings. The summed E-state index contributed by atoms with van der Waals surface area (Å²) >= 11 is 11.3. The lowest BCUT2D eigenvalue weighted by molar-refractivity contribution is -0.0497. The van der Waals surface area contributed by atoms with Crippen molar-refractivity contribution >= 4 is 23.2 Å². The molecule has 0 saturated heterocycles. The van der Waals surface area contributed by atoms with Gasteiger partial charge < -0.3 is 4.74 Å². The van der Waals surface area contributed by atoms with Crippen LogP contribution in [0.15, 0.2) is 12.1 Å². The van der Waals surface area contributed by atoms with Crippen molar-refractivity contribution in [1.29, 1.82) is 0 Å². The van der Waals surface area contributed by atoms with Crippen LogP contribution in [0, 0.1) is 6.92 Å². The van der Waals surface area contributed by atoms with Crippen LogP contribution >= 0.6 is 23.2 Å². The van der Waals surface area contributed by atoms with E-state index >= 15 is 0 Å². The minimum absolute atomic E-state index is 0.00701. The smallest absolute Gasteiger partial charge is 0.387 e. The van der Waals surface area contributed by atoms with Crippen molar-refractivity contribution in [3.63, 3.8) is 0 Å². The number of halogens is 4. The molecule has 0 atom stereocenters. The first-order chi connectivity index (χ1) is 6.00. The van der Waals surface area contributed by atoms with E-state index in [1.807, 2.05) is 0 Å². The molecule has 0 unspecified atom stereocenters. The third kappa shape index (κ3) is 2.71. The summed E-state index contributed by atoms with van der Waals surface area (Å²) in [7, 11) is 0. The Morgan fingerprint density at radius 2 is 1.92 bits per heavy atom. The van der Waals surface area contributed by atoms with E-state index in [1.54, 1.807) is 13.0 Å². The van der Waals surface area contributed by atoms with Crippen molar-refractivity contribution in [3.8, 4) is 5.75 Å². The van der Waals surface area contributed by atoms with E-state index in [4.69, 9.17) is 23.2 Å². The molecule has 0 spiro atoms. The first-order valence-electron chi connectivity index (χ1n) is 3.41. The molecule has 1 aromatic carbocycles. The maximum atomic E-state index is 11.8. The summed E-state index contributed by atoms with van der Waals surface area (Å²) in [5.74, 6) is -0.0957. The van der Waals surface area contributed by atoms with Gasteiger partial charge in [0, 0.05) is 0 Å². The molecule has 13 heavy (non-hydrogen) atoms. The predicted molar refractivity (Wildman–Crippen MR) is 47.8 cm³/mol. The molecule has 0 amide bonds. The zero-order chi connectivity index (χ0) is 10.0. The summed E-state index contributed by atoms with van der Waals surface area (Å²) in [5, 5.41) is 0.213. The Kier molecular flexibility index (Phi) is 3.33. The highest BCUT2D eigenvalue weighted by atomic mass is 35.5. The zero-order valence-electron chi connectivity index (χ0n) is 6.65. The molecule has 1 aromatic rings. The number of ether oxygens (including phenoxy) is 1. The van der Waals surface area contributed by atoms with Gasteiger partial charge in [0.1, 0.15) is 10.8 Å². The Balaban J connectivity index is 3.05. The van der Waals surface area contributed by atoms with E-state index in [9.17, 15) is 8.78 Å². The van der Waals surface area contributed by atoms with E-state index in [1.165, 1.54) is 6.07 Å². The van der Waals surface area contributed by atoms with Gasteiger partial charge in [-0.2, -0.15) is 8.78 Å². The van der Waals surface area contributed by atoms with E-state index < -0.39 is 6.61 Å². The first kappa shape index (κ1) is 10.5. The van der Waals surface area contributed by atoms with Gasteiger partial charge >= 0.3 is 6.61 Å².